The summed E-state index contributed by atoms with van der Waals surface area (Å²) in [5, 5.41) is 4.67. The average Bonchev–Trinajstić information content (AvgIpc) is 3.11. The zero-order valence-corrected chi connectivity index (χ0v) is 21.2. The standard InChI is InChI=1S/C28H40N4O3/c1-4-6-18-35-19-12-17-25-26(33)32(24-16-11-13-22(5-2)20-24)28(3,21-31(25)29)27(34)30-23-14-9-7-8-10-15-23/h4,6,11,13,16-18,20,23H,1,5,7-10,12,14-15,19,21,29H2,2-3H3,(H,30,34)/b18-6-,25-17-. The number of hydrogen-bond donors (Lipinski definition) is 2. The third kappa shape index (κ3) is 6.54. The lowest BCUT2D eigenvalue weighted by Gasteiger charge is -2.48. The molecule has 0 radical (unpaired) electrons. The summed E-state index contributed by atoms with van der Waals surface area (Å²) < 4.78 is 5.41. The van der Waals surface area contributed by atoms with Crippen LogP contribution in [0.2, 0.25) is 0 Å². The number of aryl methyl sites for hydroxylation is 1. The van der Waals surface area contributed by atoms with Crippen molar-refractivity contribution in [2.45, 2.75) is 76.8 Å². The van der Waals surface area contributed by atoms with Gasteiger partial charge in [0.2, 0.25) is 5.91 Å². The van der Waals surface area contributed by atoms with Crippen LogP contribution in [0.1, 0.15) is 64.4 Å². The van der Waals surface area contributed by atoms with Crippen molar-refractivity contribution in [2.75, 3.05) is 18.1 Å². The second-order valence-electron chi connectivity index (χ2n) is 9.54. The molecule has 1 atom stereocenters. The van der Waals surface area contributed by atoms with Crippen molar-refractivity contribution in [1.29, 1.82) is 0 Å². The maximum absolute atomic E-state index is 13.9. The van der Waals surface area contributed by atoms with Crippen LogP contribution in [0.15, 0.2) is 61.0 Å². The number of hydrazine groups is 1. The molecule has 1 aromatic carbocycles. The van der Waals surface area contributed by atoms with Gasteiger partial charge in [-0.05, 0) is 50.0 Å². The van der Waals surface area contributed by atoms with E-state index in [4.69, 9.17) is 10.6 Å². The molecule has 1 heterocycles. The highest BCUT2D eigenvalue weighted by molar-refractivity contribution is 6.12. The molecule has 1 unspecified atom stereocenters. The zero-order chi connectivity index (χ0) is 25.3. The maximum Gasteiger partial charge on any atom is 0.276 e. The van der Waals surface area contributed by atoms with Gasteiger partial charge in [-0.3, -0.25) is 14.5 Å². The summed E-state index contributed by atoms with van der Waals surface area (Å²) >= 11 is 0. The van der Waals surface area contributed by atoms with E-state index in [1.807, 2.05) is 31.2 Å². The molecule has 0 bridgehead atoms. The molecule has 1 aliphatic heterocycles. The fourth-order valence-electron chi connectivity index (χ4n) is 4.85. The van der Waals surface area contributed by atoms with Crippen LogP contribution in [0.3, 0.4) is 0 Å². The van der Waals surface area contributed by atoms with E-state index < -0.39 is 5.54 Å². The Morgan fingerprint density at radius 2 is 2.03 bits per heavy atom. The lowest BCUT2D eigenvalue weighted by Crippen LogP contribution is -2.70. The first-order valence-corrected chi connectivity index (χ1v) is 12.8. The Labute approximate surface area is 209 Å². The number of benzene rings is 1. The summed E-state index contributed by atoms with van der Waals surface area (Å²) in [4.78, 5) is 29.2. The summed E-state index contributed by atoms with van der Waals surface area (Å²) in [6, 6.07) is 7.97. The van der Waals surface area contributed by atoms with Crippen molar-refractivity contribution >= 4 is 17.5 Å². The monoisotopic (exact) mass is 480 g/mol. The van der Waals surface area contributed by atoms with E-state index in [9.17, 15) is 9.59 Å². The van der Waals surface area contributed by atoms with Gasteiger partial charge in [0.1, 0.15) is 11.2 Å². The molecule has 1 saturated carbocycles. The number of carbonyl (C=O) groups is 2. The second-order valence-corrected chi connectivity index (χ2v) is 9.54. The second kappa shape index (κ2) is 12.6. The molecule has 7 heteroatoms. The predicted molar refractivity (Wildman–Crippen MR) is 140 cm³/mol. The number of amides is 2. The molecule has 1 saturated heterocycles. The van der Waals surface area contributed by atoms with Gasteiger partial charge in [0, 0.05) is 18.2 Å². The number of piperazine rings is 1. The molecule has 190 valence electrons. The van der Waals surface area contributed by atoms with Crippen LogP contribution in [-0.4, -0.2) is 41.6 Å². The third-order valence-corrected chi connectivity index (χ3v) is 6.84. The fourth-order valence-corrected chi connectivity index (χ4v) is 4.85. The first-order valence-electron chi connectivity index (χ1n) is 12.8. The first kappa shape index (κ1) is 26.5. The summed E-state index contributed by atoms with van der Waals surface area (Å²) in [5.41, 5.74) is 1.02. The molecule has 35 heavy (non-hydrogen) atoms. The smallest absolute Gasteiger partial charge is 0.276 e. The highest BCUT2D eigenvalue weighted by atomic mass is 16.5. The molecule has 2 aliphatic rings. The normalized spacial score (nSPS) is 22.9. The lowest BCUT2D eigenvalue weighted by molar-refractivity contribution is -0.133. The number of nitrogens with two attached hydrogens (primary N) is 1. The van der Waals surface area contributed by atoms with Gasteiger partial charge in [-0.1, -0.05) is 63.5 Å². The first-order chi connectivity index (χ1) is 16.9. The molecule has 0 spiro atoms. The Balaban J connectivity index is 1.90. The van der Waals surface area contributed by atoms with Gasteiger partial charge in [0.05, 0.1) is 19.4 Å². The predicted octanol–water partition coefficient (Wildman–Crippen LogP) is 4.36. The topological polar surface area (TPSA) is 87.9 Å². The molecular formula is C28H40N4O3. The number of anilines is 1. The highest BCUT2D eigenvalue weighted by Gasteiger charge is 2.50. The van der Waals surface area contributed by atoms with Gasteiger partial charge in [-0.15, -0.1) is 0 Å². The molecule has 2 fully saturated rings. The van der Waals surface area contributed by atoms with E-state index in [0.717, 1.165) is 37.7 Å². The van der Waals surface area contributed by atoms with E-state index >= 15 is 0 Å². The largest absolute Gasteiger partial charge is 0.501 e. The lowest BCUT2D eigenvalue weighted by atomic mass is 9.91. The van der Waals surface area contributed by atoms with Gasteiger partial charge in [0.15, 0.2) is 0 Å². The Hall–Kier alpha value is -3.06. The van der Waals surface area contributed by atoms with Gasteiger partial charge < -0.3 is 15.1 Å². The van der Waals surface area contributed by atoms with E-state index in [-0.39, 0.29) is 24.4 Å². The summed E-state index contributed by atoms with van der Waals surface area (Å²) in [6.45, 7) is 8.09. The van der Waals surface area contributed by atoms with Gasteiger partial charge in [-0.2, -0.15) is 0 Å². The average molecular weight is 481 g/mol. The van der Waals surface area contributed by atoms with Crippen LogP contribution in [0.25, 0.3) is 0 Å². The summed E-state index contributed by atoms with van der Waals surface area (Å²) in [5.74, 6) is 5.92. The number of allylic oxidation sites excluding steroid dienone is 2. The maximum atomic E-state index is 13.9. The van der Waals surface area contributed by atoms with E-state index in [1.165, 1.54) is 17.9 Å². The molecule has 2 amide bonds. The molecule has 1 aliphatic carbocycles. The molecular weight excluding hydrogens is 440 g/mol. The quantitative estimate of drug-likeness (QED) is 0.137. The van der Waals surface area contributed by atoms with Crippen LogP contribution in [0.4, 0.5) is 5.69 Å². The van der Waals surface area contributed by atoms with Gasteiger partial charge in [-0.25, -0.2) is 5.84 Å². The number of carbonyl (C=O) groups excluding carboxylic acids is 2. The summed E-state index contributed by atoms with van der Waals surface area (Å²) in [6.07, 6.45) is 14.6. The number of ether oxygens (including phenoxy) is 1. The van der Waals surface area contributed by atoms with Gasteiger partial charge >= 0.3 is 0 Å². The Bertz CT molecular complexity index is 949. The van der Waals surface area contributed by atoms with Gasteiger partial charge in [0.25, 0.3) is 5.91 Å². The Morgan fingerprint density at radius 1 is 1.29 bits per heavy atom. The van der Waals surface area contributed by atoms with E-state index in [0.29, 0.717) is 24.4 Å². The Morgan fingerprint density at radius 3 is 2.71 bits per heavy atom. The fraction of sp³-hybridized carbons (Fsp3) is 0.500. The van der Waals surface area contributed by atoms with Crippen molar-refractivity contribution in [2.24, 2.45) is 5.84 Å². The van der Waals surface area contributed by atoms with Crippen molar-refractivity contribution in [3.8, 4) is 0 Å². The number of nitrogens with one attached hydrogen (secondary N) is 1. The van der Waals surface area contributed by atoms with Crippen LogP contribution >= 0.6 is 0 Å². The van der Waals surface area contributed by atoms with Crippen molar-refractivity contribution in [1.82, 2.24) is 10.3 Å². The van der Waals surface area contributed by atoms with Crippen molar-refractivity contribution in [3.05, 3.63) is 66.6 Å². The molecule has 3 rings (SSSR count). The highest BCUT2D eigenvalue weighted by Crippen LogP contribution is 2.33. The molecule has 1 aromatic rings. The van der Waals surface area contributed by atoms with E-state index in [2.05, 4.69) is 18.8 Å². The SMILES string of the molecule is C=C/C=C\OCC/C=C1/C(=O)N(c2cccc(CC)c2)C(C)(C(=O)NC2CCCCCC2)CN1N. The zero-order valence-electron chi connectivity index (χ0n) is 21.2. The Kier molecular flexibility index (Phi) is 9.55. The van der Waals surface area contributed by atoms with Crippen LogP contribution in [0.5, 0.6) is 0 Å². The van der Waals surface area contributed by atoms with Crippen LogP contribution in [0, 0.1) is 0 Å². The summed E-state index contributed by atoms with van der Waals surface area (Å²) in [7, 11) is 0. The van der Waals surface area contributed by atoms with Crippen LogP contribution in [-0.2, 0) is 20.7 Å². The minimum atomic E-state index is -1.15. The molecule has 0 aromatic heterocycles. The number of hydrogen-bond acceptors (Lipinski definition) is 5. The van der Waals surface area contributed by atoms with Crippen molar-refractivity contribution < 1.29 is 14.3 Å². The third-order valence-electron chi connectivity index (χ3n) is 6.84. The van der Waals surface area contributed by atoms with E-state index in [1.54, 1.807) is 29.4 Å². The molecule has 3 N–H and O–H groups in total. The number of rotatable bonds is 9. The minimum absolute atomic E-state index is 0.129. The van der Waals surface area contributed by atoms with Crippen LogP contribution < -0.4 is 16.1 Å². The molecule has 7 nitrogen and oxygen atoms in total. The minimum Gasteiger partial charge on any atom is -0.501 e. The number of nitrogens with zero attached hydrogens (tertiary/aromatic N) is 2. The van der Waals surface area contributed by atoms with Crippen molar-refractivity contribution in [3.63, 3.8) is 0 Å².